The maximum atomic E-state index is 10.1. The summed E-state index contributed by atoms with van der Waals surface area (Å²) < 4.78 is 0. The summed E-state index contributed by atoms with van der Waals surface area (Å²) in [5.74, 6) is 0. The first-order valence-electron chi connectivity index (χ1n) is 8.90. The zero-order valence-corrected chi connectivity index (χ0v) is 15.7. The maximum absolute atomic E-state index is 10.1. The van der Waals surface area contributed by atoms with Gasteiger partial charge in [0.1, 0.15) is 0 Å². The summed E-state index contributed by atoms with van der Waals surface area (Å²) in [6.07, 6.45) is 6.42. The number of fused-ring (bicyclic) bond motifs is 1. The predicted octanol–water partition coefficient (Wildman–Crippen LogP) is 4.99. The van der Waals surface area contributed by atoms with E-state index in [1.54, 1.807) is 11.3 Å². The Hall–Kier alpha value is -1.75. The van der Waals surface area contributed by atoms with Crippen molar-refractivity contribution >= 4 is 22.1 Å². The average Bonchev–Trinajstić information content (AvgIpc) is 3.15. The summed E-state index contributed by atoms with van der Waals surface area (Å²) in [7, 11) is 0. The van der Waals surface area contributed by atoms with Crippen molar-refractivity contribution < 1.29 is 5.11 Å². The van der Waals surface area contributed by atoms with Crippen LogP contribution in [0, 0.1) is 6.92 Å². The van der Waals surface area contributed by atoms with Crippen molar-refractivity contribution in [2.24, 2.45) is 0 Å². The number of nitrogens with zero attached hydrogens (tertiary/aromatic N) is 1. The molecule has 0 spiro atoms. The summed E-state index contributed by atoms with van der Waals surface area (Å²) >= 11 is 1.64. The number of aryl methyl sites for hydroxylation is 1. The number of hydrogen-bond donors (Lipinski definition) is 2. The zero-order chi connectivity index (χ0) is 17.6. The molecule has 25 heavy (non-hydrogen) atoms. The molecule has 0 radical (unpaired) electrons. The molecule has 3 rings (SSSR count). The van der Waals surface area contributed by atoms with Crippen LogP contribution in [-0.4, -0.2) is 16.1 Å². The van der Waals surface area contributed by atoms with Crippen LogP contribution < -0.4 is 5.32 Å². The van der Waals surface area contributed by atoms with Gasteiger partial charge in [0.2, 0.25) is 0 Å². The summed E-state index contributed by atoms with van der Waals surface area (Å²) in [6, 6.07) is 9.02. The number of aliphatic hydroxyl groups is 1. The highest BCUT2D eigenvalue weighted by Gasteiger charge is 2.09. The highest BCUT2D eigenvalue weighted by Crippen LogP contribution is 2.22. The molecule has 1 unspecified atom stereocenters. The molecule has 0 aliphatic heterocycles. The van der Waals surface area contributed by atoms with Gasteiger partial charge in [-0.2, -0.15) is 11.3 Å². The SMILES string of the molecule is Cc1cncc2ccc(CN[C@H](C)CCCC(O)c3ccsc3)cc12. The summed E-state index contributed by atoms with van der Waals surface area (Å²) in [6.45, 7) is 5.19. The lowest BCUT2D eigenvalue weighted by atomic mass is 10.0. The minimum atomic E-state index is -0.324. The molecule has 2 atom stereocenters. The van der Waals surface area contributed by atoms with Gasteiger partial charge in [0.05, 0.1) is 6.10 Å². The van der Waals surface area contributed by atoms with Crippen molar-refractivity contribution in [2.75, 3.05) is 0 Å². The van der Waals surface area contributed by atoms with Gasteiger partial charge in [-0.1, -0.05) is 12.1 Å². The number of thiophene rings is 1. The second kappa shape index (κ2) is 8.56. The monoisotopic (exact) mass is 354 g/mol. The van der Waals surface area contributed by atoms with Gasteiger partial charge in [0.15, 0.2) is 0 Å². The Morgan fingerprint density at radius 2 is 2.08 bits per heavy atom. The number of aromatic nitrogens is 1. The molecule has 132 valence electrons. The maximum Gasteiger partial charge on any atom is 0.0798 e. The molecule has 0 fully saturated rings. The van der Waals surface area contributed by atoms with E-state index < -0.39 is 0 Å². The second-order valence-electron chi connectivity index (χ2n) is 6.80. The number of pyridine rings is 1. The smallest absolute Gasteiger partial charge is 0.0798 e. The molecule has 0 saturated carbocycles. The van der Waals surface area contributed by atoms with Crippen LogP contribution in [0.3, 0.4) is 0 Å². The average molecular weight is 355 g/mol. The topological polar surface area (TPSA) is 45.2 Å². The first-order valence-corrected chi connectivity index (χ1v) is 9.84. The molecule has 1 aromatic carbocycles. The van der Waals surface area contributed by atoms with Crippen LogP contribution in [0.15, 0.2) is 47.4 Å². The molecule has 0 saturated heterocycles. The molecule has 0 aliphatic carbocycles. The quantitative estimate of drug-likeness (QED) is 0.599. The Balaban J connectivity index is 1.46. The summed E-state index contributed by atoms with van der Waals surface area (Å²) in [4.78, 5) is 4.25. The third kappa shape index (κ3) is 4.88. The Morgan fingerprint density at radius 1 is 1.20 bits per heavy atom. The number of rotatable bonds is 8. The Kier molecular flexibility index (Phi) is 6.19. The normalized spacial score (nSPS) is 13.9. The molecule has 0 aliphatic rings. The molecule has 3 aromatic rings. The Bertz CT molecular complexity index is 801. The first-order chi connectivity index (χ1) is 12.1. The van der Waals surface area contributed by atoms with Crippen LogP contribution in [0.1, 0.15) is 49.0 Å². The third-order valence-corrected chi connectivity index (χ3v) is 5.42. The van der Waals surface area contributed by atoms with E-state index in [1.807, 2.05) is 29.2 Å². The fourth-order valence-corrected chi connectivity index (χ4v) is 3.82. The molecule has 2 N–H and O–H groups in total. The third-order valence-electron chi connectivity index (χ3n) is 4.72. The van der Waals surface area contributed by atoms with E-state index in [-0.39, 0.29) is 6.10 Å². The van der Waals surface area contributed by atoms with Crippen LogP contribution in [0.4, 0.5) is 0 Å². The minimum absolute atomic E-state index is 0.324. The lowest BCUT2D eigenvalue weighted by Gasteiger charge is -2.15. The molecule has 0 bridgehead atoms. The molecular formula is C21H26N2OS. The summed E-state index contributed by atoms with van der Waals surface area (Å²) in [5.41, 5.74) is 3.56. The zero-order valence-electron chi connectivity index (χ0n) is 14.9. The number of benzene rings is 1. The number of aliphatic hydroxyl groups excluding tert-OH is 1. The number of nitrogens with one attached hydrogen (secondary N) is 1. The lowest BCUT2D eigenvalue weighted by Crippen LogP contribution is -2.25. The van der Waals surface area contributed by atoms with Crippen molar-refractivity contribution in [1.29, 1.82) is 0 Å². The predicted molar refractivity (Wildman–Crippen MR) is 106 cm³/mol. The van der Waals surface area contributed by atoms with Crippen LogP contribution >= 0.6 is 11.3 Å². The van der Waals surface area contributed by atoms with E-state index in [1.165, 1.54) is 21.9 Å². The minimum Gasteiger partial charge on any atom is -0.388 e. The molecule has 0 amide bonds. The van der Waals surface area contributed by atoms with Crippen LogP contribution in [0.25, 0.3) is 10.8 Å². The molecule has 3 nitrogen and oxygen atoms in total. The van der Waals surface area contributed by atoms with E-state index in [0.717, 1.165) is 31.4 Å². The van der Waals surface area contributed by atoms with E-state index in [9.17, 15) is 5.11 Å². The largest absolute Gasteiger partial charge is 0.388 e. The highest BCUT2D eigenvalue weighted by molar-refractivity contribution is 7.07. The van der Waals surface area contributed by atoms with Crippen molar-refractivity contribution in [3.05, 3.63) is 64.1 Å². The van der Waals surface area contributed by atoms with Gasteiger partial charge in [0.25, 0.3) is 0 Å². The van der Waals surface area contributed by atoms with Crippen molar-refractivity contribution in [3.8, 4) is 0 Å². The molecule has 4 heteroatoms. The molecule has 2 heterocycles. The van der Waals surface area contributed by atoms with Gasteiger partial charge in [-0.3, -0.25) is 4.98 Å². The van der Waals surface area contributed by atoms with E-state index in [0.29, 0.717) is 6.04 Å². The van der Waals surface area contributed by atoms with Crippen molar-refractivity contribution in [3.63, 3.8) is 0 Å². The van der Waals surface area contributed by atoms with E-state index in [2.05, 4.69) is 42.3 Å². The summed E-state index contributed by atoms with van der Waals surface area (Å²) in [5, 5.41) is 20.3. The fourth-order valence-electron chi connectivity index (χ4n) is 3.11. The fraction of sp³-hybridized carbons (Fsp3) is 0.381. The van der Waals surface area contributed by atoms with Gasteiger partial charge in [-0.15, -0.1) is 0 Å². The van der Waals surface area contributed by atoms with Gasteiger partial charge in [-0.25, -0.2) is 0 Å². The Morgan fingerprint density at radius 3 is 2.88 bits per heavy atom. The van der Waals surface area contributed by atoms with Gasteiger partial charge < -0.3 is 10.4 Å². The number of hydrogen-bond acceptors (Lipinski definition) is 4. The highest BCUT2D eigenvalue weighted by atomic mass is 32.1. The van der Waals surface area contributed by atoms with Crippen molar-refractivity contribution in [2.45, 2.75) is 51.8 Å². The second-order valence-corrected chi connectivity index (χ2v) is 7.58. The van der Waals surface area contributed by atoms with Crippen LogP contribution in [0.5, 0.6) is 0 Å². The van der Waals surface area contributed by atoms with Gasteiger partial charge in [0, 0.05) is 30.4 Å². The van der Waals surface area contributed by atoms with Crippen molar-refractivity contribution in [1.82, 2.24) is 10.3 Å². The van der Waals surface area contributed by atoms with E-state index in [4.69, 9.17) is 0 Å². The Labute approximate surface area is 153 Å². The lowest BCUT2D eigenvalue weighted by molar-refractivity contribution is 0.163. The molecule has 2 aromatic heterocycles. The van der Waals surface area contributed by atoms with Crippen LogP contribution in [0.2, 0.25) is 0 Å². The van der Waals surface area contributed by atoms with E-state index >= 15 is 0 Å². The van der Waals surface area contributed by atoms with Crippen LogP contribution in [-0.2, 0) is 6.54 Å². The van der Waals surface area contributed by atoms with Gasteiger partial charge >= 0.3 is 0 Å². The standard InChI is InChI=1S/C21H26N2OS/c1-15-11-22-13-18-7-6-17(10-20(15)18)12-23-16(2)4-3-5-21(24)19-8-9-25-14-19/h6-11,13-14,16,21,23-24H,3-5,12H2,1-2H3/t16-,21?/m1/s1. The molecular weight excluding hydrogens is 328 g/mol. The first kappa shape index (κ1) is 18.1. The van der Waals surface area contributed by atoms with Gasteiger partial charge in [-0.05, 0) is 78.1 Å².